The number of amides is 3. The number of rotatable bonds is 5. The molecule has 6 nitrogen and oxygen atoms in total. The van der Waals surface area contributed by atoms with Crippen LogP contribution in [-0.4, -0.2) is 36.0 Å². The van der Waals surface area contributed by atoms with Gasteiger partial charge in [0.25, 0.3) is 5.91 Å². The summed E-state index contributed by atoms with van der Waals surface area (Å²) in [5.74, 6) is 0.357. The lowest BCUT2D eigenvalue weighted by Crippen LogP contribution is -2.38. The summed E-state index contributed by atoms with van der Waals surface area (Å²) in [7, 11) is 0. The van der Waals surface area contributed by atoms with Gasteiger partial charge in [-0.3, -0.25) is 4.79 Å². The molecule has 0 aromatic heterocycles. The second-order valence-corrected chi connectivity index (χ2v) is 7.43. The van der Waals surface area contributed by atoms with Gasteiger partial charge in [-0.15, -0.1) is 0 Å². The molecule has 0 fully saturated rings. The van der Waals surface area contributed by atoms with E-state index in [0.717, 1.165) is 23.1 Å². The van der Waals surface area contributed by atoms with E-state index >= 15 is 0 Å². The smallest absolute Gasteiger partial charge is 0.315 e. The number of carbonyl (C=O) groups excluding carboxylic acids is 2. The van der Waals surface area contributed by atoms with Gasteiger partial charge in [-0.1, -0.05) is 35.9 Å². The number of primary amides is 1. The third-order valence-corrected chi connectivity index (χ3v) is 5.12. The Hall–Kier alpha value is -2.99. The van der Waals surface area contributed by atoms with Crippen LogP contribution in [0.4, 0.5) is 10.5 Å². The molecule has 3 rings (SSSR count). The van der Waals surface area contributed by atoms with Crippen molar-refractivity contribution in [3.8, 4) is 5.75 Å². The largest absolute Gasteiger partial charge is 0.481 e. The lowest BCUT2D eigenvalue weighted by atomic mass is 9.99. The number of nitrogens with one attached hydrogen (secondary N) is 1. The first-order chi connectivity index (χ1) is 13.8. The number of benzene rings is 2. The lowest BCUT2D eigenvalue weighted by Gasteiger charge is -2.25. The Morgan fingerprint density at radius 2 is 1.93 bits per heavy atom. The first-order valence-corrected chi connectivity index (χ1v) is 9.79. The quantitative estimate of drug-likeness (QED) is 0.769. The second-order valence-electron chi connectivity index (χ2n) is 7.00. The number of hydrogen-bond donors (Lipinski definition) is 2. The Morgan fingerprint density at radius 1 is 1.21 bits per heavy atom. The zero-order valence-corrected chi connectivity index (χ0v) is 17.2. The standard InChI is InChI=1S/C22H24ClN3O3/c1-14-3-6-18(23)13-20(14)25-21(27)15(2)29-19-7-4-16(5-8-19)17-9-11-26(12-10-17)22(24)28/h3-9,13,15H,10-12H2,1-2H3,(H2,24,28)(H,25,27)/t15-/m0/s1. The number of nitrogens with zero attached hydrogens (tertiary/aromatic N) is 1. The van der Waals surface area contributed by atoms with Gasteiger partial charge in [0.05, 0.1) is 0 Å². The van der Waals surface area contributed by atoms with Crippen LogP contribution >= 0.6 is 11.6 Å². The summed E-state index contributed by atoms with van der Waals surface area (Å²) in [5.41, 5.74) is 9.13. The topological polar surface area (TPSA) is 84.7 Å². The van der Waals surface area contributed by atoms with Gasteiger partial charge in [-0.05, 0) is 61.2 Å². The maximum atomic E-state index is 12.4. The molecule has 3 N–H and O–H groups in total. The zero-order valence-electron chi connectivity index (χ0n) is 16.4. The minimum Gasteiger partial charge on any atom is -0.481 e. The molecular formula is C22H24ClN3O3. The van der Waals surface area contributed by atoms with E-state index in [1.165, 1.54) is 0 Å². The Bertz CT molecular complexity index is 941. The predicted octanol–water partition coefficient (Wildman–Crippen LogP) is 4.22. The van der Waals surface area contributed by atoms with Gasteiger partial charge < -0.3 is 20.7 Å². The summed E-state index contributed by atoms with van der Waals surface area (Å²) in [6, 6.07) is 12.5. The Balaban J connectivity index is 1.60. The highest BCUT2D eigenvalue weighted by Crippen LogP contribution is 2.25. The Kier molecular flexibility index (Phi) is 6.44. The van der Waals surface area contributed by atoms with Gasteiger partial charge in [0.2, 0.25) is 0 Å². The number of halogens is 1. The first-order valence-electron chi connectivity index (χ1n) is 9.41. The number of hydrogen-bond acceptors (Lipinski definition) is 3. The second kappa shape index (κ2) is 9.01. The summed E-state index contributed by atoms with van der Waals surface area (Å²) in [6.45, 7) is 4.73. The molecular weight excluding hydrogens is 390 g/mol. The van der Waals surface area contributed by atoms with Crippen LogP contribution in [0.15, 0.2) is 48.5 Å². The van der Waals surface area contributed by atoms with Crippen molar-refractivity contribution in [1.82, 2.24) is 4.90 Å². The van der Waals surface area contributed by atoms with Crippen LogP contribution < -0.4 is 15.8 Å². The van der Waals surface area contributed by atoms with E-state index < -0.39 is 12.1 Å². The van der Waals surface area contributed by atoms with Crippen molar-refractivity contribution >= 4 is 34.8 Å². The molecule has 7 heteroatoms. The molecule has 0 unspecified atom stereocenters. The Labute approximate surface area is 175 Å². The van der Waals surface area contributed by atoms with E-state index in [-0.39, 0.29) is 5.91 Å². The van der Waals surface area contributed by atoms with Crippen molar-refractivity contribution in [1.29, 1.82) is 0 Å². The van der Waals surface area contributed by atoms with Crippen molar-refractivity contribution in [2.24, 2.45) is 5.73 Å². The third kappa shape index (κ3) is 5.29. The summed E-state index contributed by atoms with van der Waals surface area (Å²) >= 11 is 6.00. The number of ether oxygens (including phenoxy) is 1. The van der Waals surface area contributed by atoms with Crippen molar-refractivity contribution in [2.45, 2.75) is 26.4 Å². The Morgan fingerprint density at radius 3 is 2.55 bits per heavy atom. The molecule has 2 aromatic rings. The fraction of sp³-hybridized carbons (Fsp3) is 0.273. The van der Waals surface area contributed by atoms with Crippen molar-refractivity contribution in [3.05, 3.63) is 64.7 Å². The first kappa shape index (κ1) is 20.7. The van der Waals surface area contributed by atoms with Crippen molar-refractivity contribution in [3.63, 3.8) is 0 Å². The van der Waals surface area contributed by atoms with Gasteiger partial charge in [-0.2, -0.15) is 0 Å². The van der Waals surface area contributed by atoms with Gasteiger partial charge in [-0.25, -0.2) is 4.79 Å². The fourth-order valence-electron chi connectivity index (χ4n) is 3.10. The van der Waals surface area contributed by atoms with Gasteiger partial charge in [0.1, 0.15) is 5.75 Å². The summed E-state index contributed by atoms with van der Waals surface area (Å²) < 4.78 is 5.78. The van der Waals surface area contributed by atoms with Gasteiger partial charge in [0, 0.05) is 23.8 Å². The lowest BCUT2D eigenvalue weighted by molar-refractivity contribution is -0.122. The minimum atomic E-state index is -0.669. The predicted molar refractivity (Wildman–Crippen MR) is 115 cm³/mol. The van der Waals surface area contributed by atoms with Crippen molar-refractivity contribution in [2.75, 3.05) is 18.4 Å². The molecule has 0 aliphatic carbocycles. The average molecular weight is 414 g/mol. The number of nitrogens with two attached hydrogens (primary N) is 1. The van der Waals surface area contributed by atoms with Crippen LogP contribution in [0, 0.1) is 6.92 Å². The third-order valence-electron chi connectivity index (χ3n) is 4.89. The molecule has 0 radical (unpaired) electrons. The van der Waals surface area contributed by atoms with Crippen LogP contribution in [-0.2, 0) is 4.79 Å². The normalized spacial score (nSPS) is 14.7. The monoisotopic (exact) mass is 413 g/mol. The maximum Gasteiger partial charge on any atom is 0.315 e. The van der Waals surface area contributed by atoms with Crippen LogP contribution in [0.1, 0.15) is 24.5 Å². The number of anilines is 1. The molecule has 3 amide bonds. The molecule has 1 aliphatic heterocycles. The van der Waals surface area contributed by atoms with Crippen LogP contribution in [0.25, 0.3) is 5.57 Å². The molecule has 152 valence electrons. The van der Waals surface area contributed by atoms with E-state index in [0.29, 0.717) is 29.5 Å². The molecule has 2 aromatic carbocycles. The highest BCUT2D eigenvalue weighted by atomic mass is 35.5. The molecule has 1 aliphatic rings. The molecule has 1 atom stereocenters. The zero-order chi connectivity index (χ0) is 21.0. The van der Waals surface area contributed by atoms with E-state index in [1.54, 1.807) is 24.0 Å². The average Bonchev–Trinajstić information content (AvgIpc) is 2.71. The van der Waals surface area contributed by atoms with E-state index in [2.05, 4.69) is 5.32 Å². The number of carbonyl (C=O) groups is 2. The maximum absolute atomic E-state index is 12.4. The summed E-state index contributed by atoms with van der Waals surface area (Å²) in [6.07, 6.45) is 2.09. The number of urea groups is 1. The van der Waals surface area contributed by atoms with Gasteiger partial charge in [0.15, 0.2) is 6.10 Å². The minimum absolute atomic E-state index is 0.249. The van der Waals surface area contributed by atoms with E-state index in [4.69, 9.17) is 22.1 Å². The fourth-order valence-corrected chi connectivity index (χ4v) is 3.27. The van der Waals surface area contributed by atoms with Gasteiger partial charge >= 0.3 is 6.03 Å². The molecule has 29 heavy (non-hydrogen) atoms. The molecule has 0 saturated carbocycles. The highest BCUT2D eigenvalue weighted by Gasteiger charge is 2.17. The van der Waals surface area contributed by atoms with Crippen LogP contribution in [0.5, 0.6) is 5.75 Å². The number of aryl methyl sites for hydroxylation is 1. The summed E-state index contributed by atoms with van der Waals surface area (Å²) in [5, 5.41) is 3.41. The van der Waals surface area contributed by atoms with E-state index in [1.807, 2.05) is 43.3 Å². The molecule has 0 bridgehead atoms. The van der Waals surface area contributed by atoms with Crippen LogP contribution in [0.3, 0.4) is 0 Å². The SMILES string of the molecule is Cc1ccc(Cl)cc1NC(=O)[C@H](C)Oc1ccc(C2=CCN(C(N)=O)CC2)cc1. The van der Waals surface area contributed by atoms with Crippen molar-refractivity contribution < 1.29 is 14.3 Å². The van der Waals surface area contributed by atoms with Crippen LogP contribution in [0.2, 0.25) is 5.02 Å². The van der Waals surface area contributed by atoms with E-state index in [9.17, 15) is 9.59 Å². The molecule has 1 heterocycles. The summed E-state index contributed by atoms with van der Waals surface area (Å²) in [4.78, 5) is 25.3. The highest BCUT2D eigenvalue weighted by molar-refractivity contribution is 6.31. The molecule has 0 spiro atoms. The molecule has 0 saturated heterocycles.